The highest BCUT2D eigenvalue weighted by Gasteiger charge is 2.36. The summed E-state index contributed by atoms with van der Waals surface area (Å²) in [6, 6.07) is 5.32. The van der Waals surface area contributed by atoms with Gasteiger partial charge in [0.05, 0.1) is 12.2 Å². The van der Waals surface area contributed by atoms with Gasteiger partial charge in [-0.1, -0.05) is 39.5 Å². The number of nitrogens with two attached hydrogens (primary N) is 1. The fourth-order valence-corrected chi connectivity index (χ4v) is 3.24. The Morgan fingerprint density at radius 3 is 2.32 bits per heavy atom. The molecule has 0 saturated heterocycles. The predicted molar refractivity (Wildman–Crippen MR) is 129 cm³/mol. The summed E-state index contributed by atoms with van der Waals surface area (Å²) in [4.78, 5) is 15.8. The molecule has 2 N–H and O–H groups in total. The summed E-state index contributed by atoms with van der Waals surface area (Å²) >= 11 is 0. The van der Waals surface area contributed by atoms with Gasteiger partial charge < -0.3 is 19.6 Å². The fraction of sp³-hybridized carbons (Fsp3) is 0.583. The number of hydrogen-bond acceptors (Lipinski definition) is 4. The van der Waals surface area contributed by atoms with Crippen molar-refractivity contribution in [2.24, 2.45) is 10.7 Å². The number of carbonyl (C=O) groups is 1. The molecule has 31 heavy (non-hydrogen) atoms. The van der Waals surface area contributed by atoms with Gasteiger partial charge in [-0.15, -0.1) is 0 Å². The van der Waals surface area contributed by atoms with Crippen molar-refractivity contribution in [2.45, 2.75) is 78.6 Å². The molecule has 0 unspecified atom stereocenters. The van der Waals surface area contributed by atoms with Crippen molar-refractivity contribution in [3.63, 3.8) is 0 Å². The lowest BCUT2D eigenvalue weighted by molar-refractivity contribution is 0.0604. The summed E-state index contributed by atoms with van der Waals surface area (Å²) in [6.07, 6.45) is -0.0195. The summed E-state index contributed by atoms with van der Waals surface area (Å²) in [5, 5.41) is 0.150. The van der Waals surface area contributed by atoms with Crippen molar-refractivity contribution < 1.29 is 18.7 Å². The molecule has 7 heteroatoms. The molecule has 1 aromatic rings. The average Bonchev–Trinajstić information content (AvgIpc) is 2.61. The Morgan fingerprint density at radius 2 is 1.77 bits per heavy atom. The molecule has 0 saturated carbocycles. The van der Waals surface area contributed by atoms with E-state index in [4.69, 9.17) is 19.6 Å². The van der Waals surface area contributed by atoms with E-state index in [2.05, 4.69) is 50.7 Å². The van der Waals surface area contributed by atoms with E-state index in [9.17, 15) is 4.79 Å². The number of amides is 1. The van der Waals surface area contributed by atoms with Crippen molar-refractivity contribution >= 4 is 20.2 Å². The number of rotatable bonds is 6. The van der Waals surface area contributed by atoms with E-state index in [0.717, 1.165) is 0 Å². The highest BCUT2D eigenvalue weighted by Crippen LogP contribution is 2.36. The van der Waals surface area contributed by atoms with Crippen LogP contribution in [0.4, 0.5) is 4.79 Å². The number of carbonyl (C=O) groups excluding carboxylic acids is 1. The predicted octanol–water partition coefficient (Wildman–Crippen LogP) is 5.49. The molecule has 1 rings (SSSR count). The Morgan fingerprint density at radius 1 is 1.13 bits per heavy atom. The monoisotopic (exact) mass is 446 g/mol. The van der Waals surface area contributed by atoms with Crippen LogP contribution in [0, 0.1) is 11.8 Å². The highest BCUT2D eigenvalue weighted by atomic mass is 28.4. The minimum Gasteiger partial charge on any atom is -0.490 e. The molecule has 0 aromatic heterocycles. The van der Waals surface area contributed by atoms with E-state index < -0.39 is 20.0 Å². The molecule has 0 aliphatic rings. The van der Waals surface area contributed by atoms with E-state index in [-0.39, 0.29) is 10.9 Å². The molecule has 1 aromatic carbocycles. The van der Waals surface area contributed by atoms with Crippen LogP contribution in [0.3, 0.4) is 0 Å². The summed E-state index contributed by atoms with van der Waals surface area (Å²) in [5.41, 5.74) is 6.65. The van der Waals surface area contributed by atoms with Crippen LogP contribution in [0.2, 0.25) is 18.1 Å². The molecule has 0 aliphatic heterocycles. The number of amidine groups is 1. The van der Waals surface area contributed by atoms with Gasteiger partial charge >= 0.3 is 6.09 Å². The van der Waals surface area contributed by atoms with Gasteiger partial charge in [-0.25, -0.2) is 4.79 Å². The number of ether oxygens (including phenoxy) is 2. The zero-order valence-electron chi connectivity index (χ0n) is 20.5. The first-order valence-corrected chi connectivity index (χ1v) is 13.5. The van der Waals surface area contributed by atoms with E-state index in [1.165, 1.54) is 0 Å². The Kier molecular flexibility index (Phi) is 9.34. The maximum Gasteiger partial charge on any atom is 0.436 e. The fourth-order valence-electron chi connectivity index (χ4n) is 2.21. The van der Waals surface area contributed by atoms with E-state index in [0.29, 0.717) is 36.5 Å². The van der Waals surface area contributed by atoms with Crippen LogP contribution >= 0.6 is 0 Å². The Bertz CT molecular complexity index is 853. The topological polar surface area (TPSA) is 83.1 Å². The second-order valence-electron chi connectivity index (χ2n) is 9.80. The number of aliphatic imine (C=N–C) groups is 1. The Hall–Kier alpha value is -2.30. The molecule has 0 spiro atoms. The largest absolute Gasteiger partial charge is 0.490 e. The van der Waals surface area contributed by atoms with E-state index >= 15 is 0 Å². The molecule has 1 amide bonds. The summed E-state index contributed by atoms with van der Waals surface area (Å²) in [5.74, 6) is 6.87. The van der Waals surface area contributed by atoms with Gasteiger partial charge in [0, 0.05) is 12.0 Å². The molecular weight excluding hydrogens is 408 g/mol. The standard InChI is InChI=1S/C24H38N2O4Si/c1-10-11-12-18-17-19(21(25)26-22(27)30-23(2,3)4)13-14-20(18)28-15-16-29-31(8,9)24(5,6)7/h13-14,17H,10,15-16H2,1-9H3,(H2,25,26,27). The van der Waals surface area contributed by atoms with Crippen molar-refractivity contribution in [3.05, 3.63) is 29.3 Å². The lowest BCUT2D eigenvalue weighted by Crippen LogP contribution is -2.41. The molecular formula is C24H38N2O4Si. The van der Waals surface area contributed by atoms with Gasteiger partial charge in [0.15, 0.2) is 8.32 Å². The van der Waals surface area contributed by atoms with Crippen LogP contribution in [0.25, 0.3) is 0 Å². The van der Waals surface area contributed by atoms with Crippen molar-refractivity contribution in [1.82, 2.24) is 0 Å². The van der Waals surface area contributed by atoms with Gasteiger partial charge in [-0.05, 0) is 57.1 Å². The summed E-state index contributed by atoms with van der Waals surface area (Å²) in [7, 11) is -1.82. The van der Waals surface area contributed by atoms with Gasteiger partial charge in [0.25, 0.3) is 0 Å². The van der Waals surface area contributed by atoms with Gasteiger partial charge in [-0.2, -0.15) is 4.99 Å². The molecule has 0 heterocycles. The molecule has 0 radical (unpaired) electrons. The minimum atomic E-state index is -1.82. The molecule has 172 valence electrons. The van der Waals surface area contributed by atoms with Gasteiger partial charge in [-0.3, -0.25) is 0 Å². The van der Waals surface area contributed by atoms with Crippen LogP contribution in [-0.2, 0) is 9.16 Å². The van der Waals surface area contributed by atoms with E-state index in [1.54, 1.807) is 39.0 Å². The molecule has 0 atom stereocenters. The van der Waals surface area contributed by atoms with Crippen LogP contribution < -0.4 is 10.5 Å². The van der Waals surface area contributed by atoms with Crippen molar-refractivity contribution in [2.75, 3.05) is 13.2 Å². The maximum absolute atomic E-state index is 11.9. The van der Waals surface area contributed by atoms with Crippen LogP contribution in [0.1, 0.15) is 66.0 Å². The Balaban J connectivity index is 2.95. The first kappa shape index (κ1) is 26.7. The summed E-state index contributed by atoms with van der Waals surface area (Å²) < 4.78 is 17.3. The second kappa shape index (κ2) is 10.8. The SMILES string of the molecule is CCC#Cc1cc(C(N)=NC(=O)OC(C)(C)C)ccc1OCCO[Si](C)(C)C(C)(C)C. The summed E-state index contributed by atoms with van der Waals surface area (Å²) in [6.45, 7) is 19.3. The zero-order chi connectivity index (χ0) is 23.9. The molecule has 0 fully saturated rings. The number of nitrogens with zero attached hydrogens (tertiary/aromatic N) is 1. The van der Waals surface area contributed by atoms with E-state index in [1.807, 2.05) is 6.92 Å². The van der Waals surface area contributed by atoms with Crippen LogP contribution in [0.15, 0.2) is 23.2 Å². The lowest BCUT2D eigenvalue weighted by Gasteiger charge is -2.36. The lowest BCUT2D eigenvalue weighted by atomic mass is 10.1. The van der Waals surface area contributed by atoms with Gasteiger partial charge in [0.1, 0.15) is 23.8 Å². The molecule has 0 bridgehead atoms. The zero-order valence-corrected chi connectivity index (χ0v) is 21.5. The molecule has 0 aliphatic carbocycles. The number of benzene rings is 1. The third-order valence-electron chi connectivity index (χ3n) is 4.89. The first-order chi connectivity index (χ1) is 14.2. The first-order valence-electron chi connectivity index (χ1n) is 10.6. The smallest absolute Gasteiger partial charge is 0.436 e. The normalized spacial score (nSPS) is 12.7. The molecule has 6 nitrogen and oxygen atoms in total. The second-order valence-corrected chi connectivity index (χ2v) is 14.6. The highest BCUT2D eigenvalue weighted by molar-refractivity contribution is 6.74. The van der Waals surface area contributed by atoms with Crippen LogP contribution in [-0.4, -0.2) is 39.1 Å². The van der Waals surface area contributed by atoms with Crippen molar-refractivity contribution in [3.8, 4) is 17.6 Å². The average molecular weight is 447 g/mol. The quantitative estimate of drug-likeness (QED) is 0.205. The van der Waals surface area contributed by atoms with Gasteiger partial charge in [0.2, 0.25) is 0 Å². The number of hydrogen-bond donors (Lipinski definition) is 1. The Labute approximate surface area is 188 Å². The third kappa shape index (κ3) is 9.15. The maximum atomic E-state index is 11.9. The van der Waals surface area contributed by atoms with Crippen molar-refractivity contribution in [1.29, 1.82) is 0 Å². The minimum absolute atomic E-state index is 0.0709. The van der Waals surface area contributed by atoms with Crippen LogP contribution in [0.5, 0.6) is 5.75 Å². The third-order valence-corrected chi connectivity index (χ3v) is 9.43.